The van der Waals surface area contributed by atoms with Gasteiger partial charge in [-0.05, 0) is 54.5 Å². The van der Waals surface area contributed by atoms with Crippen molar-refractivity contribution in [2.45, 2.75) is 17.7 Å². The fraction of sp³-hybridized carbons (Fsp3) is 0.143. The van der Waals surface area contributed by atoms with Gasteiger partial charge in [0, 0.05) is 11.9 Å². The minimum Gasteiger partial charge on any atom is -0.250 e. The van der Waals surface area contributed by atoms with Gasteiger partial charge in [-0.3, -0.25) is 0 Å². The molecule has 0 saturated carbocycles. The fourth-order valence-electron chi connectivity index (χ4n) is 1.46. The first-order valence-corrected chi connectivity index (χ1v) is 6.89. The molecule has 2 rings (SSSR count). The number of hydrogen-bond donors (Lipinski definition) is 0. The number of benzene rings is 1. The van der Waals surface area contributed by atoms with E-state index in [0.29, 0.717) is 0 Å². The summed E-state index contributed by atoms with van der Waals surface area (Å²) in [5.74, 6) is 0.901. The van der Waals surface area contributed by atoms with E-state index in [-0.39, 0.29) is 0 Å². The second-order valence-electron chi connectivity index (χ2n) is 3.83. The fourth-order valence-corrected chi connectivity index (χ4v) is 2.48. The van der Waals surface area contributed by atoms with Crippen LogP contribution in [-0.4, -0.2) is 10.1 Å². The second kappa shape index (κ2) is 6.45. The van der Waals surface area contributed by atoms with Crippen LogP contribution >= 0.6 is 24.0 Å². The van der Waals surface area contributed by atoms with Crippen LogP contribution in [0, 0.1) is 6.92 Å². The van der Waals surface area contributed by atoms with Gasteiger partial charge in [-0.25, -0.2) is 4.98 Å². The topological polar surface area (TPSA) is 25.2 Å². The molecule has 0 spiro atoms. The Morgan fingerprint density at radius 3 is 2.72 bits per heavy atom. The quantitative estimate of drug-likeness (QED) is 0.468. The van der Waals surface area contributed by atoms with Crippen molar-refractivity contribution >= 4 is 34.8 Å². The van der Waals surface area contributed by atoms with E-state index in [9.17, 15) is 0 Å². The number of aliphatic imine (C=N–C) groups is 1. The van der Waals surface area contributed by atoms with Crippen molar-refractivity contribution < 1.29 is 0 Å². The summed E-state index contributed by atoms with van der Waals surface area (Å²) < 4.78 is 0. The minimum absolute atomic E-state index is 0.840. The van der Waals surface area contributed by atoms with Crippen LogP contribution in [0.1, 0.15) is 11.1 Å². The molecule has 18 heavy (non-hydrogen) atoms. The predicted molar refractivity (Wildman–Crippen MR) is 79.7 cm³/mol. The molecular weight excluding hydrogens is 260 g/mol. The lowest BCUT2D eigenvalue weighted by Gasteiger charge is -2.02. The lowest BCUT2D eigenvalue weighted by atomic mass is 10.2. The van der Waals surface area contributed by atoms with Crippen LogP contribution in [0.4, 0.5) is 5.69 Å². The summed E-state index contributed by atoms with van der Waals surface area (Å²) in [5.41, 5.74) is 3.32. The van der Waals surface area contributed by atoms with Gasteiger partial charge in [0.05, 0.1) is 15.9 Å². The van der Waals surface area contributed by atoms with Gasteiger partial charge in [-0.15, -0.1) is 11.8 Å². The molecule has 1 aromatic carbocycles. The number of pyridine rings is 1. The highest BCUT2D eigenvalue weighted by Gasteiger charge is 1.98. The van der Waals surface area contributed by atoms with Gasteiger partial charge in [0.1, 0.15) is 0 Å². The first-order valence-electron chi connectivity index (χ1n) is 5.50. The summed E-state index contributed by atoms with van der Waals surface area (Å²) in [6.45, 7) is 2.07. The summed E-state index contributed by atoms with van der Waals surface area (Å²) in [6, 6.07) is 12.1. The van der Waals surface area contributed by atoms with Gasteiger partial charge in [0.2, 0.25) is 0 Å². The van der Waals surface area contributed by atoms with Crippen molar-refractivity contribution in [2.75, 3.05) is 0 Å². The molecule has 0 bridgehead atoms. The maximum atomic E-state index is 4.57. The summed E-state index contributed by atoms with van der Waals surface area (Å²) >= 11 is 6.29. The molecule has 1 aromatic heterocycles. The molecule has 0 aliphatic heterocycles. The molecule has 2 aromatic rings. The maximum Gasteiger partial charge on any atom is 0.0965 e. The van der Waals surface area contributed by atoms with Crippen LogP contribution in [0.2, 0.25) is 0 Å². The van der Waals surface area contributed by atoms with E-state index >= 15 is 0 Å². The highest BCUT2D eigenvalue weighted by molar-refractivity contribution is 7.98. The summed E-state index contributed by atoms with van der Waals surface area (Å²) in [5, 5.41) is 3.41. The zero-order valence-corrected chi connectivity index (χ0v) is 11.6. The predicted octanol–water partition coefficient (Wildman–Crippen LogP) is 4.42. The molecule has 0 radical (unpaired) electrons. The third-order valence-electron chi connectivity index (χ3n) is 2.39. The van der Waals surface area contributed by atoms with E-state index < -0.39 is 0 Å². The van der Waals surface area contributed by atoms with Crippen LogP contribution in [0.15, 0.2) is 52.6 Å². The molecule has 0 N–H and O–H groups in total. The van der Waals surface area contributed by atoms with Crippen molar-refractivity contribution in [3.05, 3.63) is 53.7 Å². The van der Waals surface area contributed by atoms with Gasteiger partial charge in [-0.2, -0.15) is 4.99 Å². The Hall–Kier alpha value is -1.48. The smallest absolute Gasteiger partial charge is 0.0965 e. The third-order valence-corrected chi connectivity index (χ3v) is 3.48. The van der Waals surface area contributed by atoms with Crippen LogP contribution in [0.5, 0.6) is 0 Å². The number of hydrogen-bond acceptors (Lipinski definition) is 4. The molecule has 0 aliphatic carbocycles. The lowest BCUT2D eigenvalue weighted by molar-refractivity contribution is 1.11. The van der Waals surface area contributed by atoms with E-state index in [1.165, 1.54) is 11.1 Å². The molecule has 0 unspecified atom stereocenters. The number of rotatable bonds is 4. The standard InChI is InChI=1S/C14H12N2S2/c1-11-6-7-15-14(8-11)18-9-12-2-4-13(5-3-12)16-10-17/h2-8H,9H2,1H3. The molecule has 1 heterocycles. The van der Waals surface area contributed by atoms with Crippen molar-refractivity contribution in [2.24, 2.45) is 4.99 Å². The monoisotopic (exact) mass is 272 g/mol. The van der Waals surface area contributed by atoms with Crippen molar-refractivity contribution in [1.29, 1.82) is 0 Å². The number of thiocarbonyl (C=S) groups is 1. The Labute approximate surface area is 116 Å². The van der Waals surface area contributed by atoms with Gasteiger partial charge < -0.3 is 0 Å². The largest absolute Gasteiger partial charge is 0.250 e. The Balaban J connectivity index is 2.00. The lowest BCUT2D eigenvalue weighted by Crippen LogP contribution is -1.83. The molecule has 0 fully saturated rings. The minimum atomic E-state index is 0.840. The molecule has 4 heteroatoms. The molecule has 0 amide bonds. The Kier molecular flexibility index (Phi) is 4.65. The van der Waals surface area contributed by atoms with Gasteiger partial charge in [0.15, 0.2) is 0 Å². The first-order chi connectivity index (χ1) is 8.78. The van der Waals surface area contributed by atoms with Crippen LogP contribution in [0.25, 0.3) is 0 Å². The summed E-state index contributed by atoms with van der Waals surface area (Å²) in [6.07, 6.45) is 1.84. The van der Waals surface area contributed by atoms with E-state index in [0.717, 1.165) is 16.5 Å². The number of thioether (sulfide) groups is 1. The highest BCUT2D eigenvalue weighted by Crippen LogP contribution is 2.22. The zero-order chi connectivity index (χ0) is 12.8. The molecule has 0 atom stereocenters. The molecule has 0 saturated heterocycles. The summed E-state index contributed by atoms with van der Waals surface area (Å²) in [4.78, 5) is 8.25. The van der Waals surface area contributed by atoms with E-state index in [2.05, 4.69) is 40.3 Å². The molecular formula is C14H12N2S2. The first kappa shape index (κ1) is 13.0. The van der Waals surface area contributed by atoms with E-state index in [1.807, 2.05) is 36.5 Å². The van der Waals surface area contributed by atoms with Crippen LogP contribution in [-0.2, 0) is 5.75 Å². The van der Waals surface area contributed by atoms with Crippen LogP contribution in [0.3, 0.4) is 0 Å². The van der Waals surface area contributed by atoms with E-state index in [1.54, 1.807) is 11.8 Å². The zero-order valence-electron chi connectivity index (χ0n) is 9.96. The average Bonchev–Trinajstić information content (AvgIpc) is 2.38. The van der Waals surface area contributed by atoms with E-state index in [4.69, 9.17) is 0 Å². The second-order valence-corrected chi connectivity index (χ2v) is 5.01. The number of aryl methyl sites for hydroxylation is 1. The highest BCUT2D eigenvalue weighted by atomic mass is 32.2. The molecule has 90 valence electrons. The molecule has 0 aliphatic rings. The number of nitrogens with zero attached hydrogens (tertiary/aromatic N) is 2. The number of aromatic nitrogens is 1. The van der Waals surface area contributed by atoms with Crippen LogP contribution < -0.4 is 0 Å². The van der Waals surface area contributed by atoms with Crippen molar-refractivity contribution in [1.82, 2.24) is 4.98 Å². The van der Waals surface area contributed by atoms with Gasteiger partial charge in [-0.1, -0.05) is 12.1 Å². The molecule has 2 nitrogen and oxygen atoms in total. The SMILES string of the molecule is Cc1ccnc(SCc2ccc(N=C=S)cc2)c1. The maximum absolute atomic E-state index is 4.57. The third kappa shape index (κ3) is 3.77. The Morgan fingerprint density at radius 1 is 1.28 bits per heavy atom. The Morgan fingerprint density at radius 2 is 2.06 bits per heavy atom. The van der Waals surface area contributed by atoms with Crippen molar-refractivity contribution in [3.8, 4) is 0 Å². The number of isothiocyanates is 1. The summed E-state index contributed by atoms with van der Waals surface area (Å²) in [7, 11) is 0. The average molecular weight is 272 g/mol. The van der Waals surface area contributed by atoms with Gasteiger partial charge >= 0.3 is 0 Å². The van der Waals surface area contributed by atoms with Crippen molar-refractivity contribution in [3.63, 3.8) is 0 Å². The normalized spacial score (nSPS) is 9.83. The Bertz CT molecular complexity index is 573. The van der Waals surface area contributed by atoms with Gasteiger partial charge in [0.25, 0.3) is 0 Å².